The molecule has 0 N–H and O–H groups in total. The Bertz CT molecular complexity index is 483. The predicted molar refractivity (Wildman–Crippen MR) is 76.9 cm³/mol. The molecular weight excluding hydrogens is 308 g/mol. The molecule has 0 aliphatic heterocycles. The summed E-state index contributed by atoms with van der Waals surface area (Å²) in [5.41, 5.74) is 1.13. The van der Waals surface area contributed by atoms with Gasteiger partial charge in [0.1, 0.15) is 5.75 Å². The van der Waals surface area contributed by atoms with Crippen LogP contribution < -0.4 is 4.74 Å². The summed E-state index contributed by atoms with van der Waals surface area (Å²) < 4.78 is 6.07. The molecule has 0 bridgehead atoms. The van der Waals surface area contributed by atoms with Crippen LogP contribution in [0.15, 0.2) is 22.7 Å². The zero-order valence-electron chi connectivity index (χ0n) is 11.1. The van der Waals surface area contributed by atoms with Crippen molar-refractivity contribution in [2.75, 3.05) is 20.7 Å². The third kappa shape index (κ3) is 4.92. The summed E-state index contributed by atoms with van der Waals surface area (Å²) >= 11 is 3.44. The topological polar surface area (TPSA) is 53.3 Å². The minimum atomic E-state index is 0.00845. The van der Waals surface area contributed by atoms with E-state index in [9.17, 15) is 4.79 Å². The van der Waals surface area contributed by atoms with Gasteiger partial charge in [-0.1, -0.05) is 6.07 Å². The Morgan fingerprint density at radius 2 is 2.26 bits per heavy atom. The summed E-state index contributed by atoms with van der Waals surface area (Å²) in [6.07, 6.45) is 1.34. The first-order valence-electron chi connectivity index (χ1n) is 6.01. The first-order chi connectivity index (χ1) is 9.08. The van der Waals surface area contributed by atoms with Crippen molar-refractivity contribution in [1.29, 1.82) is 5.26 Å². The number of nitrogens with zero attached hydrogens (tertiary/aromatic N) is 2. The van der Waals surface area contributed by atoms with E-state index in [2.05, 4.69) is 15.9 Å². The predicted octanol–water partition coefficient (Wildman–Crippen LogP) is 2.76. The van der Waals surface area contributed by atoms with Gasteiger partial charge >= 0.3 is 0 Å². The molecule has 5 heteroatoms. The molecule has 0 aliphatic rings. The summed E-state index contributed by atoms with van der Waals surface area (Å²) in [4.78, 5) is 13.3. The minimum absolute atomic E-state index is 0.00845. The highest BCUT2D eigenvalue weighted by Gasteiger charge is 2.08. The molecule has 0 saturated heterocycles. The van der Waals surface area contributed by atoms with Crippen LogP contribution in [0.5, 0.6) is 5.75 Å². The quantitative estimate of drug-likeness (QED) is 0.808. The van der Waals surface area contributed by atoms with Gasteiger partial charge < -0.3 is 9.64 Å². The second-order valence-corrected chi connectivity index (χ2v) is 5.05. The van der Waals surface area contributed by atoms with Crippen LogP contribution in [0.4, 0.5) is 0 Å². The van der Waals surface area contributed by atoms with E-state index < -0.39 is 0 Å². The highest BCUT2D eigenvalue weighted by Crippen LogP contribution is 2.25. The maximum absolute atomic E-state index is 11.6. The smallest absolute Gasteiger partial charge is 0.223 e. The van der Waals surface area contributed by atoms with E-state index in [0.29, 0.717) is 13.0 Å². The fourth-order valence-electron chi connectivity index (χ4n) is 1.64. The second-order valence-electron chi connectivity index (χ2n) is 4.19. The number of halogens is 1. The molecule has 0 heterocycles. The number of carbonyl (C=O) groups excluding carboxylic acids is 1. The van der Waals surface area contributed by atoms with Crippen molar-refractivity contribution < 1.29 is 9.53 Å². The summed E-state index contributed by atoms with van der Waals surface area (Å²) in [6.45, 7) is 0.642. The molecule has 0 fully saturated rings. The van der Waals surface area contributed by atoms with Gasteiger partial charge in [0.15, 0.2) is 0 Å². The third-order valence-electron chi connectivity index (χ3n) is 2.83. The number of hydrogen-bond acceptors (Lipinski definition) is 3. The Hall–Kier alpha value is -1.54. The Balaban J connectivity index is 2.50. The lowest BCUT2D eigenvalue weighted by Gasteiger charge is -2.16. The molecule has 0 unspecified atom stereocenters. The van der Waals surface area contributed by atoms with Crippen molar-refractivity contribution >= 4 is 21.8 Å². The largest absolute Gasteiger partial charge is 0.496 e. The molecule has 1 aromatic carbocycles. The lowest BCUT2D eigenvalue weighted by Crippen LogP contribution is -2.28. The van der Waals surface area contributed by atoms with Crippen LogP contribution in [0.25, 0.3) is 0 Å². The number of ether oxygens (including phenoxy) is 1. The van der Waals surface area contributed by atoms with E-state index in [0.717, 1.165) is 22.2 Å². The van der Waals surface area contributed by atoms with E-state index in [4.69, 9.17) is 10.00 Å². The maximum atomic E-state index is 11.6. The van der Waals surface area contributed by atoms with Gasteiger partial charge in [-0.25, -0.2) is 0 Å². The highest BCUT2D eigenvalue weighted by atomic mass is 79.9. The van der Waals surface area contributed by atoms with Gasteiger partial charge in [-0.05, 0) is 40.0 Å². The SMILES string of the molecule is COc1ccc(CCN(C)C(=O)CCC#N)cc1Br. The number of amides is 1. The molecule has 4 nitrogen and oxygen atoms in total. The summed E-state index contributed by atoms with van der Waals surface area (Å²) in [6, 6.07) is 7.86. The van der Waals surface area contributed by atoms with Crippen molar-refractivity contribution in [3.05, 3.63) is 28.2 Å². The van der Waals surface area contributed by atoms with Crippen molar-refractivity contribution in [1.82, 2.24) is 4.90 Å². The first-order valence-corrected chi connectivity index (χ1v) is 6.81. The molecular formula is C14H17BrN2O2. The van der Waals surface area contributed by atoms with Gasteiger partial charge in [-0.2, -0.15) is 5.26 Å². The van der Waals surface area contributed by atoms with Crippen molar-refractivity contribution in [2.45, 2.75) is 19.3 Å². The fraction of sp³-hybridized carbons (Fsp3) is 0.429. The molecule has 0 saturated carbocycles. The fourth-order valence-corrected chi connectivity index (χ4v) is 2.23. The van der Waals surface area contributed by atoms with E-state index in [1.165, 1.54) is 0 Å². The van der Waals surface area contributed by atoms with E-state index in [-0.39, 0.29) is 12.3 Å². The van der Waals surface area contributed by atoms with Crippen LogP contribution in [0.2, 0.25) is 0 Å². The molecule has 1 rings (SSSR count). The third-order valence-corrected chi connectivity index (χ3v) is 3.45. The number of methoxy groups -OCH3 is 1. The minimum Gasteiger partial charge on any atom is -0.496 e. The van der Waals surface area contributed by atoms with Crippen molar-refractivity contribution in [2.24, 2.45) is 0 Å². The van der Waals surface area contributed by atoms with Gasteiger partial charge in [0.25, 0.3) is 0 Å². The number of nitriles is 1. The standard InChI is InChI=1S/C14H17BrN2O2/c1-17(14(18)4-3-8-16)9-7-11-5-6-13(19-2)12(15)10-11/h5-6,10H,3-4,7,9H2,1-2H3. The molecule has 19 heavy (non-hydrogen) atoms. The first kappa shape index (κ1) is 15.5. The molecule has 0 spiro atoms. The van der Waals surface area contributed by atoms with Crippen LogP contribution in [-0.2, 0) is 11.2 Å². The van der Waals surface area contributed by atoms with Crippen molar-refractivity contribution in [3.8, 4) is 11.8 Å². The maximum Gasteiger partial charge on any atom is 0.223 e. The lowest BCUT2D eigenvalue weighted by atomic mass is 10.1. The Morgan fingerprint density at radius 1 is 1.53 bits per heavy atom. The number of hydrogen-bond donors (Lipinski definition) is 0. The molecule has 0 atom stereocenters. The number of benzene rings is 1. The second kappa shape index (κ2) is 7.80. The van der Waals surface area contributed by atoms with Crippen LogP contribution >= 0.6 is 15.9 Å². The zero-order valence-corrected chi connectivity index (χ0v) is 12.7. The zero-order chi connectivity index (χ0) is 14.3. The van der Waals surface area contributed by atoms with Crippen LogP contribution in [0.1, 0.15) is 18.4 Å². The van der Waals surface area contributed by atoms with Crippen LogP contribution in [0, 0.1) is 11.3 Å². The average Bonchev–Trinajstić information content (AvgIpc) is 2.42. The van der Waals surface area contributed by atoms with Crippen molar-refractivity contribution in [3.63, 3.8) is 0 Å². The van der Waals surface area contributed by atoms with Gasteiger partial charge in [-0.15, -0.1) is 0 Å². The molecule has 1 amide bonds. The van der Waals surface area contributed by atoms with Gasteiger partial charge in [-0.3, -0.25) is 4.79 Å². The number of rotatable bonds is 6. The van der Waals surface area contributed by atoms with Gasteiger partial charge in [0.2, 0.25) is 5.91 Å². The molecule has 102 valence electrons. The van der Waals surface area contributed by atoms with E-state index >= 15 is 0 Å². The molecule has 1 aromatic rings. The summed E-state index contributed by atoms with van der Waals surface area (Å²) in [7, 11) is 3.39. The summed E-state index contributed by atoms with van der Waals surface area (Å²) in [5, 5.41) is 8.45. The Morgan fingerprint density at radius 3 is 2.84 bits per heavy atom. The molecule has 0 aromatic heterocycles. The van der Waals surface area contributed by atoms with E-state index in [1.54, 1.807) is 19.1 Å². The molecule has 0 radical (unpaired) electrons. The number of likely N-dealkylation sites (N-methyl/N-ethyl adjacent to an activating group) is 1. The normalized spacial score (nSPS) is 9.79. The Kier molecular flexibility index (Phi) is 6.37. The molecule has 0 aliphatic carbocycles. The summed E-state index contributed by atoms with van der Waals surface area (Å²) in [5.74, 6) is 0.802. The Labute approximate surface area is 122 Å². The highest BCUT2D eigenvalue weighted by molar-refractivity contribution is 9.10. The van der Waals surface area contributed by atoms with Gasteiger partial charge in [0, 0.05) is 26.4 Å². The van der Waals surface area contributed by atoms with E-state index in [1.807, 2.05) is 24.3 Å². The average molecular weight is 325 g/mol. The number of carbonyl (C=O) groups is 1. The monoisotopic (exact) mass is 324 g/mol. The van der Waals surface area contributed by atoms with Crippen LogP contribution in [-0.4, -0.2) is 31.5 Å². The van der Waals surface area contributed by atoms with Crippen LogP contribution in [0.3, 0.4) is 0 Å². The lowest BCUT2D eigenvalue weighted by molar-refractivity contribution is -0.129. The van der Waals surface area contributed by atoms with Gasteiger partial charge in [0.05, 0.1) is 17.7 Å².